The van der Waals surface area contributed by atoms with E-state index in [-0.39, 0.29) is 24.1 Å². The molecule has 0 saturated heterocycles. The Morgan fingerprint density at radius 1 is 1.06 bits per heavy atom. The predicted octanol–water partition coefficient (Wildman–Crippen LogP) is 2.22. The molecule has 0 bridgehead atoms. The van der Waals surface area contributed by atoms with Crippen molar-refractivity contribution >= 4 is 22.6 Å². The minimum absolute atomic E-state index is 0.0587. The Balaban J connectivity index is 1.74. The van der Waals surface area contributed by atoms with E-state index in [1.54, 1.807) is 24.4 Å². The normalized spacial score (nSPS) is 11.0. The number of methoxy groups -OCH3 is 2. The van der Waals surface area contributed by atoms with Gasteiger partial charge in [0.05, 0.1) is 32.0 Å². The highest BCUT2D eigenvalue weighted by atomic mass is 19.1. The first-order valence-electron chi connectivity index (χ1n) is 10.8. The van der Waals surface area contributed by atoms with Gasteiger partial charge in [0, 0.05) is 18.8 Å². The highest BCUT2D eigenvalue weighted by Gasteiger charge is 2.19. The molecule has 0 atom stereocenters. The third-order valence-corrected chi connectivity index (χ3v) is 5.51. The molecule has 0 radical (unpaired) electrons. The van der Waals surface area contributed by atoms with Gasteiger partial charge in [0.15, 0.2) is 5.52 Å². The summed E-state index contributed by atoms with van der Waals surface area (Å²) in [5.74, 6) is 0.00211. The first-order chi connectivity index (χ1) is 16.8. The Bertz CT molecular complexity index is 1500. The number of fused-ring (bicyclic) bond motifs is 1. The molecule has 1 amide bonds. The fourth-order valence-corrected chi connectivity index (χ4v) is 3.69. The number of hydrogen-bond acceptors (Lipinski definition) is 6. The fourth-order valence-electron chi connectivity index (χ4n) is 3.69. The Hall–Kier alpha value is -4.41. The number of anilines is 1. The molecule has 0 saturated carbocycles. The van der Waals surface area contributed by atoms with Crippen molar-refractivity contribution in [3.05, 3.63) is 80.9 Å². The van der Waals surface area contributed by atoms with Gasteiger partial charge in [0.2, 0.25) is 5.91 Å². The summed E-state index contributed by atoms with van der Waals surface area (Å²) in [4.78, 5) is 39.4. The highest BCUT2D eigenvalue weighted by Crippen LogP contribution is 2.29. The van der Waals surface area contributed by atoms with E-state index in [2.05, 4.69) is 10.4 Å². The third-order valence-electron chi connectivity index (χ3n) is 5.51. The van der Waals surface area contributed by atoms with E-state index >= 15 is 0 Å². The van der Waals surface area contributed by atoms with Crippen LogP contribution < -0.4 is 26.0 Å². The van der Waals surface area contributed by atoms with Crippen LogP contribution in [0.15, 0.2) is 58.3 Å². The van der Waals surface area contributed by atoms with Crippen molar-refractivity contribution in [3.8, 4) is 11.5 Å². The lowest BCUT2D eigenvalue weighted by molar-refractivity contribution is -0.116. The summed E-state index contributed by atoms with van der Waals surface area (Å²) in [6.45, 7) is 1.84. The van der Waals surface area contributed by atoms with Gasteiger partial charge in [0.1, 0.15) is 23.9 Å². The van der Waals surface area contributed by atoms with E-state index in [0.717, 1.165) is 4.57 Å². The molecule has 182 valence electrons. The highest BCUT2D eigenvalue weighted by molar-refractivity contribution is 5.93. The number of hydrogen-bond donors (Lipinski definition) is 1. The zero-order valence-corrected chi connectivity index (χ0v) is 19.4. The van der Waals surface area contributed by atoms with Crippen molar-refractivity contribution in [3.63, 3.8) is 0 Å². The van der Waals surface area contributed by atoms with Gasteiger partial charge < -0.3 is 14.8 Å². The average Bonchev–Trinajstić information content (AvgIpc) is 3.30. The van der Waals surface area contributed by atoms with Crippen LogP contribution in [0.3, 0.4) is 0 Å². The number of rotatable bonds is 8. The third kappa shape index (κ3) is 4.79. The molecule has 35 heavy (non-hydrogen) atoms. The van der Waals surface area contributed by atoms with Crippen LogP contribution in [0.2, 0.25) is 0 Å². The molecule has 10 nitrogen and oxygen atoms in total. The van der Waals surface area contributed by atoms with Crippen LogP contribution in [-0.2, 0) is 24.4 Å². The minimum Gasteiger partial charge on any atom is -0.497 e. The number of carbonyl (C=O) groups excluding carboxylic acids is 1. The summed E-state index contributed by atoms with van der Waals surface area (Å²) in [6.07, 6.45) is 1.56. The number of carbonyl (C=O) groups is 1. The first kappa shape index (κ1) is 23.7. The summed E-state index contributed by atoms with van der Waals surface area (Å²) in [5.41, 5.74) is -0.0166. The van der Waals surface area contributed by atoms with Crippen molar-refractivity contribution in [1.82, 2.24) is 18.9 Å². The van der Waals surface area contributed by atoms with E-state index in [9.17, 15) is 18.8 Å². The Morgan fingerprint density at radius 3 is 2.46 bits per heavy atom. The number of nitrogens with zero attached hydrogens (tertiary/aromatic N) is 4. The molecule has 4 rings (SSSR count). The van der Waals surface area contributed by atoms with Crippen LogP contribution in [-0.4, -0.2) is 39.0 Å². The van der Waals surface area contributed by atoms with Crippen molar-refractivity contribution in [2.24, 2.45) is 0 Å². The van der Waals surface area contributed by atoms with Crippen LogP contribution in [0.1, 0.15) is 12.5 Å². The first-order valence-corrected chi connectivity index (χ1v) is 10.8. The molecule has 2 heterocycles. The van der Waals surface area contributed by atoms with E-state index in [1.807, 2.05) is 6.92 Å². The van der Waals surface area contributed by atoms with Crippen LogP contribution >= 0.6 is 0 Å². The molecule has 2 aromatic carbocycles. The van der Waals surface area contributed by atoms with Crippen molar-refractivity contribution in [2.75, 3.05) is 19.5 Å². The van der Waals surface area contributed by atoms with E-state index in [4.69, 9.17) is 9.47 Å². The standard InChI is InChI=1S/C24H24FN5O5/c1-4-28-13-19-22(27-28)23(32)30(12-15-5-7-16(25)8-6-15)24(33)29(19)14-21(31)26-18-10-9-17(34-2)11-20(18)35-3/h5-11,13H,4,12,14H2,1-3H3,(H,26,31). The van der Waals surface area contributed by atoms with Crippen LogP contribution in [0.4, 0.5) is 10.1 Å². The Morgan fingerprint density at radius 2 is 1.80 bits per heavy atom. The number of ether oxygens (including phenoxy) is 2. The second kappa shape index (κ2) is 9.84. The van der Waals surface area contributed by atoms with Gasteiger partial charge in [-0.3, -0.25) is 23.4 Å². The van der Waals surface area contributed by atoms with Gasteiger partial charge in [-0.15, -0.1) is 0 Å². The van der Waals surface area contributed by atoms with Crippen LogP contribution in [0, 0.1) is 5.82 Å². The molecule has 0 unspecified atom stereocenters. The second-order valence-electron chi connectivity index (χ2n) is 7.72. The number of aryl methyl sites for hydroxylation is 1. The maximum Gasteiger partial charge on any atom is 0.332 e. The minimum atomic E-state index is -0.681. The van der Waals surface area contributed by atoms with Gasteiger partial charge in [-0.25, -0.2) is 9.18 Å². The molecule has 4 aromatic rings. The molecule has 0 aliphatic rings. The molecule has 0 spiro atoms. The molecule has 2 aromatic heterocycles. The van der Waals surface area contributed by atoms with E-state index in [1.165, 1.54) is 47.7 Å². The van der Waals surface area contributed by atoms with Crippen molar-refractivity contribution in [2.45, 2.75) is 26.6 Å². The van der Waals surface area contributed by atoms with Crippen molar-refractivity contribution in [1.29, 1.82) is 0 Å². The maximum atomic E-state index is 13.4. The zero-order valence-electron chi connectivity index (χ0n) is 19.4. The average molecular weight is 481 g/mol. The summed E-state index contributed by atoms with van der Waals surface area (Å²) >= 11 is 0. The zero-order chi connectivity index (χ0) is 25.1. The topological polar surface area (TPSA) is 109 Å². The number of halogens is 1. The molecular formula is C24H24FN5O5. The summed E-state index contributed by atoms with van der Waals surface area (Å²) in [6, 6.07) is 10.4. The van der Waals surface area contributed by atoms with E-state index in [0.29, 0.717) is 29.3 Å². The predicted molar refractivity (Wildman–Crippen MR) is 128 cm³/mol. The summed E-state index contributed by atoms with van der Waals surface area (Å²) in [7, 11) is 2.98. The Kier molecular flexibility index (Phi) is 6.67. The fraction of sp³-hybridized carbons (Fsp3) is 0.250. The number of nitrogens with one attached hydrogen (secondary N) is 1. The SMILES string of the molecule is CCn1cc2c(n1)c(=O)n(Cc1ccc(F)cc1)c(=O)n2CC(=O)Nc1ccc(OC)cc1OC. The lowest BCUT2D eigenvalue weighted by Crippen LogP contribution is -2.41. The largest absolute Gasteiger partial charge is 0.497 e. The van der Waals surface area contributed by atoms with Gasteiger partial charge in [-0.2, -0.15) is 5.10 Å². The monoisotopic (exact) mass is 481 g/mol. The number of aromatic nitrogens is 4. The summed E-state index contributed by atoms with van der Waals surface area (Å²) < 4.78 is 27.5. The molecule has 1 N–H and O–H groups in total. The second-order valence-corrected chi connectivity index (χ2v) is 7.72. The molecule has 11 heteroatoms. The van der Waals surface area contributed by atoms with Crippen LogP contribution in [0.5, 0.6) is 11.5 Å². The van der Waals surface area contributed by atoms with Crippen molar-refractivity contribution < 1.29 is 18.7 Å². The quantitative estimate of drug-likeness (QED) is 0.413. The smallest absolute Gasteiger partial charge is 0.332 e. The Labute approximate surface area is 199 Å². The maximum absolute atomic E-state index is 13.4. The molecule has 0 aliphatic heterocycles. The molecule has 0 aliphatic carbocycles. The van der Waals surface area contributed by atoms with Gasteiger partial charge >= 0.3 is 5.69 Å². The summed E-state index contributed by atoms with van der Waals surface area (Å²) in [5, 5.41) is 7.01. The molecular weight excluding hydrogens is 457 g/mol. The number of amides is 1. The number of benzene rings is 2. The molecule has 0 fully saturated rings. The lowest BCUT2D eigenvalue weighted by Gasteiger charge is -2.14. The lowest BCUT2D eigenvalue weighted by atomic mass is 10.2. The van der Waals surface area contributed by atoms with Gasteiger partial charge in [-0.1, -0.05) is 12.1 Å². The van der Waals surface area contributed by atoms with Gasteiger partial charge in [0.25, 0.3) is 5.56 Å². The van der Waals surface area contributed by atoms with Crippen LogP contribution in [0.25, 0.3) is 11.0 Å². The van der Waals surface area contributed by atoms with E-state index < -0.39 is 23.0 Å². The van der Waals surface area contributed by atoms with Gasteiger partial charge in [-0.05, 0) is 36.8 Å².